The molecule has 25 heavy (non-hydrogen) atoms. The number of nitrogens with zero attached hydrogens (tertiary/aromatic N) is 5. The van der Waals surface area contributed by atoms with E-state index >= 15 is 0 Å². The van der Waals surface area contributed by atoms with Gasteiger partial charge in [0.05, 0.1) is 0 Å². The number of carbonyl (C=O) groups excluding carboxylic acids is 1. The first kappa shape index (κ1) is 16.8. The molecular formula is C19H29N5O. The summed E-state index contributed by atoms with van der Waals surface area (Å²) < 4.78 is 0. The van der Waals surface area contributed by atoms with Gasteiger partial charge >= 0.3 is 0 Å². The maximum absolute atomic E-state index is 12.7. The maximum Gasteiger partial charge on any atom is 0.223 e. The molecule has 0 unspecified atom stereocenters. The van der Waals surface area contributed by atoms with Crippen molar-refractivity contribution in [1.82, 2.24) is 19.8 Å². The Morgan fingerprint density at radius 3 is 2.80 bits per heavy atom. The minimum Gasteiger partial charge on any atom is -0.356 e. The van der Waals surface area contributed by atoms with E-state index in [4.69, 9.17) is 0 Å². The van der Waals surface area contributed by atoms with E-state index in [1.54, 1.807) is 6.33 Å². The van der Waals surface area contributed by atoms with Crippen LogP contribution in [0.1, 0.15) is 31.4 Å². The van der Waals surface area contributed by atoms with Gasteiger partial charge in [-0.2, -0.15) is 0 Å². The minimum absolute atomic E-state index is 0.329. The first-order valence-electron chi connectivity index (χ1n) is 9.52. The Morgan fingerprint density at radius 1 is 1.24 bits per heavy atom. The molecule has 3 aliphatic rings. The van der Waals surface area contributed by atoms with E-state index in [2.05, 4.69) is 44.8 Å². The number of piperidine rings is 3. The van der Waals surface area contributed by atoms with Crippen LogP contribution in [0, 0.1) is 18.8 Å². The third-order valence-electron chi connectivity index (χ3n) is 6.16. The summed E-state index contributed by atoms with van der Waals surface area (Å²) in [5.41, 5.74) is 1.01. The Hall–Kier alpha value is -1.69. The fourth-order valence-corrected chi connectivity index (χ4v) is 5.18. The summed E-state index contributed by atoms with van der Waals surface area (Å²) in [5, 5.41) is 0. The van der Waals surface area contributed by atoms with Gasteiger partial charge in [-0.25, -0.2) is 9.97 Å². The number of amides is 1. The molecule has 6 nitrogen and oxygen atoms in total. The fourth-order valence-electron chi connectivity index (χ4n) is 5.18. The van der Waals surface area contributed by atoms with Crippen LogP contribution in [0.15, 0.2) is 12.4 Å². The number of aromatic nitrogens is 2. The highest BCUT2D eigenvalue weighted by Crippen LogP contribution is 2.42. The van der Waals surface area contributed by atoms with Crippen molar-refractivity contribution in [2.24, 2.45) is 11.8 Å². The van der Waals surface area contributed by atoms with Gasteiger partial charge in [-0.05, 0) is 52.1 Å². The molecule has 0 radical (unpaired) electrons. The van der Waals surface area contributed by atoms with E-state index in [0.29, 0.717) is 29.8 Å². The second-order valence-corrected chi connectivity index (χ2v) is 8.27. The molecule has 1 amide bonds. The zero-order valence-electron chi connectivity index (χ0n) is 15.6. The summed E-state index contributed by atoms with van der Waals surface area (Å²) in [5.74, 6) is 2.51. The molecule has 136 valence electrons. The highest BCUT2D eigenvalue weighted by Gasteiger charge is 2.49. The monoisotopic (exact) mass is 343 g/mol. The summed E-state index contributed by atoms with van der Waals surface area (Å²) in [6, 6.07) is 2.83. The number of carbonyl (C=O) groups is 1. The first-order valence-corrected chi connectivity index (χ1v) is 9.52. The predicted octanol–water partition coefficient (Wildman–Crippen LogP) is 1.55. The van der Waals surface area contributed by atoms with Crippen LogP contribution in [0.25, 0.3) is 0 Å². The van der Waals surface area contributed by atoms with Gasteiger partial charge < -0.3 is 14.7 Å². The number of aryl methyl sites for hydroxylation is 1. The number of fused-ring (bicyclic) bond motifs is 4. The average Bonchev–Trinajstić information content (AvgIpc) is 2.58. The summed E-state index contributed by atoms with van der Waals surface area (Å²) in [7, 11) is 4.23. The SMILES string of the molecule is Cc1cc(N2C[C@H]3C[C@@H](C2)[C@H](CN(C)C)N2C(=O)CCC[C@@H]32)ncn1. The molecular weight excluding hydrogens is 314 g/mol. The van der Waals surface area contributed by atoms with Crippen molar-refractivity contribution in [3.63, 3.8) is 0 Å². The van der Waals surface area contributed by atoms with Crippen LogP contribution in [0.3, 0.4) is 0 Å². The van der Waals surface area contributed by atoms with Crippen LogP contribution in [0.2, 0.25) is 0 Å². The normalized spacial score (nSPS) is 32.1. The summed E-state index contributed by atoms with van der Waals surface area (Å²) >= 11 is 0. The standard InChI is InChI=1S/C19H29N5O/c1-13-7-18(21-12-20-13)23-9-14-8-15(10-23)17(11-22(2)3)24-16(14)5-4-6-19(24)25/h7,12,14-17H,4-6,8-11H2,1-3H3/t14-,15+,16+,17+/m1/s1. The largest absolute Gasteiger partial charge is 0.356 e. The second-order valence-electron chi connectivity index (χ2n) is 8.27. The van der Waals surface area contributed by atoms with Gasteiger partial charge in [-0.15, -0.1) is 0 Å². The Labute approximate surface area is 150 Å². The molecule has 0 aromatic carbocycles. The number of anilines is 1. The van der Waals surface area contributed by atoms with Crippen LogP contribution < -0.4 is 4.90 Å². The lowest BCUT2D eigenvalue weighted by Gasteiger charge is -2.57. The highest BCUT2D eigenvalue weighted by molar-refractivity contribution is 5.78. The van der Waals surface area contributed by atoms with Gasteiger partial charge in [0.15, 0.2) is 0 Å². The zero-order chi connectivity index (χ0) is 17.6. The van der Waals surface area contributed by atoms with E-state index in [1.165, 1.54) is 6.42 Å². The van der Waals surface area contributed by atoms with E-state index in [9.17, 15) is 4.79 Å². The van der Waals surface area contributed by atoms with Crippen molar-refractivity contribution in [3.05, 3.63) is 18.1 Å². The third-order valence-corrected chi connectivity index (χ3v) is 6.16. The quantitative estimate of drug-likeness (QED) is 0.833. The summed E-state index contributed by atoms with van der Waals surface area (Å²) in [4.78, 5) is 28.4. The van der Waals surface area contributed by atoms with E-state index in [0.717, 1.165) is 50.4 Å². The van der Waals surface area contributed by atoms with Crippen molar-refractivity contribution in [2.45, 2.75) is 44.7 Å². The Bertz CT molecular complexity index is 648. The summed E-state index contributed by atoms with van der Waals surface area (Å²) in [6.45, 7) is 4.97. The molecule has 6 heteroatoms. The predicted molar refractivity (Wildman–Crippen MR) is 97.4 cm³/mol. The second kappa shape index (κ2) is 6.56. The van der Waals surface area contributed by atoms with Crippen LogP contribution in [0.5, 0.6) is 0 Å². The van der Waals surface area contributed by atoms with Gasteiger partial charge in [0.25, 0.3) is 0 Å². The third kappa shape index (κ3) is 3.12. The Morgan fingerprint density at radius 2 is 2.04 bits per heavy atom. The highest BCUT2D eigenvalue weighted by atomic mass is 16.2. The Kier molecular flexibility index (Phi) is 4.40. The van der Waals surface area contributed by atoms with Crippen LogP contribution in [-0.4, -0.2) is 71.5 Å². The van der Waals surface area contributed by atoms with Crippen LogP contribution in [-0.2, 0) is 4.79 Å². The van der Waals surface area contributed by atoms with Gasteiger partial charge in [0.1, 0.15) is 12.1 Å². The number of rotatable bonds is 3. The molecule has 1 aromatic heterocycles. The molecule has 1 aromatic rings. The van der Waals surface area contributed by atoms with E-state index < -0.39 is 0 Å². The molecule has 0 aliphatic carbocycles. The molecule has 4 rings (SSSR count). The molecule has 2 bridgehead atoms. The lowest BCUT2D eigenvalue weighted by atomic mass is 9.72. The topological polar surface area (TPSA) is 52.6 Å². The fraction of sp³-hybridized carbons (Fsp3) is 0.737. The lowest BCUT2D eigenvalue weighted by molar-refractivity contribution is -0.149. The van der Waals surface area contributed by atoms with Crippen LogP contribution >= 0.6 is 0 Å². The molecule has 4 atom stereocenters. The summed E-state index contributed by atoms with van der Waals surface area (Å²) in [6.07, 6.45) is 5.84. The van der Waals surface area contributed by atoms with Gasteiger partial charge in [-0.3, -0.25) is 4.79 Å². The van der Waals surface area contributed by atoms with Crippen molar-refractivity contribution in [2.75, 3.05) is 38.6 Å². The molecule has 3 fully saturated rings. The van der Waals surface area contributed by atoms with E-state index in [1.807, 2.05) is 6.92 Å². The molecule has 0 saturated carbocycles. The average molecular weight is 343 g/mol. The number of hydrogen-bond donors (Lipinski definition) is 0. The van der Waals surface area contributed by atoms with Gasteiger partial charge in [0.2, 0.25) is 5.91 Å². The van der Waals surface area contributed by atoms with Crippen LogP contribution in [0.4, 0.5) is 5.82 Å². The maximum atomic E-state index is 12.7. The van der Waals surface area contributed by atoms with Gasteiger partial charge in [-0.1, -0.05) is 0 Å². The van der Waals surface area contributed by atoms with Crippen molar-refractivity contribution >= 4 is 11.7 Å². The van der Waals surface area contributed by atoms with Crippen molar-refractivity contribution in [3.8, 4) is 0 Å². The van der Waals surface area contributed by atoms with Crippen molar-refractivity contribution < 1.29 is 4.79 Å². The minimum atomic E-state index is 0.329. The molecule has 0 N–H and O–H groups in total. The van der Waals surface area contributed by atoms with Crippen molar-refractivity contribution in [1.29, 1.82) is 0 Å². The smallest absolute Gasteiger partial charge is 0.223 e. The molecule has 3 saturated heterocycles. The van der Waals surface area contributed by atoms with Gasteiger partial charge in [0, 0.05) is 49.9 Å². The number of likely N-dealkylation sites (N-methyl/N-ethyl adjacent to an activating group) is 1. The Balaban J connectivity index is 1.64. The molecule has 0 spiro atoms. The lowest BCUT2D eigenvalue weighted by Crippen LogP contribution is -2.67. The zero-order valence-corrected chi connectivity index (χ0v) is 15.6. The molecule has 4 heterocycles. The molecule has 3 aliphatic heterocycles. The first-order chi connectivity index (χ1) is 12.0. The van der Waals surface area contributed by atoms with E-state index in [-0.39, 0.29) is 0 Å². The number of hydrogen-bond acceptors (Lipinski definition) is 5.